The molecule has 0 radical (unpaired) electrons. The fraction of sp³-hybridized carbons (Fsp3) is 0.263. The first-order valence-electron chi connectivity index (χ1n) is 8.07. The molecule has 0 aliphatic rings. The van der Waals surface area contributed by atoms with Crippen LogP contribution in [0.15, 0.2) is 42.5 Å². The molecule has 1 N–H and O–H groups in total. The Bertz CT molecular complexity index is 795. The monoisotopic (exact) mass is 376 g/mol. The van der Waals surface area contributed by atoms with Crippen LogP contribution in [-0.4, -0.2) is 44.0 Å². The second-order valence-corrected chi connectivity index (χ2v) is 5.92. The van der Waals surface area contributed by atoms with Crippen LogP contribution in [0.2, 0.25) is 5.02 Å². The molecule has 2 aromatic rings. The highest BCUT2D eigenvalue weighted by Gasteiger charge is 2.19. The molecule has 0 unspecified atom stereocenters. The molecule has 2 rings (SSSR count). The number of anilines is 1. The lowest BCUT2D eigenvalue weighted by atomic mass is 10.1. The Morgan fingerprint density at radius 1 is 1.15 bits per heavy atom. The maximum absolute atomic E-state index is 12.6. The molecule has 2 amide bonds. The molecule has 138 valence electrons. The second-order valence-electron chi connectivity index (χ2n) is 5.48. The van der Waals surface area contributed by atoms with Gasteiger partial charge in [-0.1, -0.05) is 23.7 Å². The molecule has 0 heterocycles. The van der Waals surface area contributed by atoms with Crippen molar-refractivity contribution in [3.05, 3.63) is 53.1 Å². The number of likely N-dealkylation sites (N-methyl/N-ethyl adjacent to an activating group) is 1. The van der Waals surface area contributed by atoms with E-state index >= 15 is 0 Å². The third kappa shape index (κ3) is 4.89. The average molecular weight is 377 g/mol. The molecule has 0 aliphatic carbocycles. The predicted octanol–water partition coefficient (Wildman–Crippen LogP) is 3.46. The summed E-state index contributed by atoms with van der Waals surface area (Å²) in [6.45, 7) is 2.16. The van der Waals surface area contributed by atoms with Gasteiger partial charge in [-0.2, -0.15) is 0 Å². The first-order chi connectivity index (χ1) is 12.5. The van der Waals surface area contributed by atoms with E-state index in [0.29, 0.717) is 34.4 Å². The van der Waals surface area contributed by atoms with E-state index in [1.807, 2.05) is 6.92 Å². The number of methoxy groups -OCH3 is 1. The number of nitrogens with zero attached hydrogens (tertiary/aromatic N) is 1. The Morgan fingerprint density at radius 2 is 1.88 bits per heavy atom. The lowest BCUT2D eigenvalue weighted by molar-refractivity contribution is -0.116. The van der Waals surface area contributed by atoms with Crippen LogP contribution in [-0.2, 0) is 4.79 Å². The second kappa shape index (κ2) is 9.10. The number of ether oxygens (including phenoxy) is 2. The average Bonchev–Trinajstić information content (AvgIpc) is 2.62. The van der Waals surface area contributed by atoms with Gasteiger partial charge in [0.1, 0.15) is 11.5 Å². The zero-order valence-corrected chi connectivity index (χ0v) is 15.7. The zero-order valence-electron chi connectivity index (χ0n) is 14.9. The van der Waals surface area contributed by atoms with Crippen LogP contribution in [0, 0.1) is 0 Å². The van der Waals surface area contributed by atoms with Gasteiger partial charge in [0.25, 0.3) is 5.91 Å². The van der Waals surface area contributed by atoms with E-state index in [9.17, 15) is 9.59 Å². The topological polar surface area (TPSA) is 67.9 Å². The Morgan fingerprint density at radius 3 is 2.58 bits per heavy atom. The fourth-order valence-electron chi connectivity index (χ4n) is 2.39. The number of rotatable bonds is 7. The first kappa shape index (κ1) is 19.6. The van der Waals surface area contributed by atoms with Gasteiger partial charge in [0.2, 0.25) is 5.91 Å². The van der Waals surface area contributed by atoms with Gasteiger partial charge < -0.3 is 19.7 Å². The van der Waals surface area contributed by atoms with E-state index in [4.69, 9.17) is 21.1 Å². The van der Waals surface area contributed by atoms with Crippen LogP contribution in [0.25, 0.3) is 0 Å². The van der Waals surface area contributed by atoms with E-state index in [-0.39, 0.29) is 18.4 Å². The molecule has 2 aromatic carbocycles. The number of carbonyl (C=O) groups is 2. The van der Waals surface area contributed by atoms with Crippen molar-refractivity contribution in [1.82, 2.24) is 4.90 Å². The van der Waals surface area contributed by atoms with E-state index in [1.165, 1.54) is 12.0 Å². The molecule has 0 bridgehead atoms. The zero-order chi connectivity index (χ0) is 19.1. The largest absolute Gasteiger partial charge is 0.495 e. The number of carbonyl (C=O) groups excluding carboxylic acids is 2. The summed E-state index contributed by atoms with van der Waals surface area (Å²) < 4.78 is 10.7. The summed E-state index contributed by atoms with van der Waals surface area (Å²) >= 11 is 5.96. The summed E-state index contributed by atoms with van der Waals surface area (Å²) in [6.07, 6.45) is 0. The summed E-state index contributed by atoms with van der Waals surface area (Å²) in [5.41, 5.74) is 0.852. The minimum Gasteiger partial charge on any atom is -0.495 e. The van der Waals surface area contributed by atoms with Crippen molar-refractivity contribution in [3.8, 4) is 11.5 Å². The molecule has 0 aromatic heterocycles. The molecule has 0 spiro atoms. The van der Waals surface area contributed by atoms with Gasteiger partial charge in [-0.3, -0.25) is 9.59 Å². The van der Waals surface area contributed by atoms with Gasteiger partial charge in [-0.15, -0.1) is 0 Å². The molecule has 0 saturated carbocycles. The molecule has 0 aliphatic heterocycles. The van der Waals surface area contributed by atoms with Crippen LogP contribution in [0.3, 0.4) is 0 Å². The standard InChI is InChI=1S/C19H21ClN2O4/c1-4-26-16-8-6-5-7-14(16)19(24)22(2)12-18(23)21-15-11-13(20)9-10-17(15)25-3/h5-11H,4,12H2,1-3H3,(H,21,23). The molecule has 0 atom stereocenters. The Labute approximate surface area is 157 Å². The molecular formula is C19H21ClN2O4. The van der Waals surface area contributed by atoms with Gasteiger partial charge in [-0.25, -0.2) is 0 Å². The van der Waals surface area contributed by atoms with Crippen molar-refractivity contribution in [3.63, 3.8) is 0 Å². The molecular weight excluding hydrogens is 356 g/mol. The van der Waals surface area contributed by atoms with Crippen molar-refractivity contribution in [2.24, 2.45) is 0 Å². The van der Waals surface area contributed by atoms with Gasteiger partial charge in [0.05, 0.1) is 31.5 Å². The molecule has 0 saturated heterocycles. The van der Waals surface area contributed by atoms with Gasteiger partial charge in [0.15, 0.2) is 0 Å². The number of para-hydroxylation sites is 1. The third-order valence-electron chi connectivity index (χ3n) is 3.58. The van der Waals surface area contributed by atoms with Gasteiger partial charge in [0, 0.05) is 12.1 Å². The van der Waals surface area contributed by atoms with Crippen LogP contribution in [0.4, 0.5) is 5.69 Å². The van der Waals surface area contributed by atoms with E-state index in [2.05, 4.69) is 5.32 Å². The Balaban J connectivity index is 2.07. The summed E-state index contributed by atoms with van der Waals surface area (Å²) in [4.78, 5) is 26.3. The van der Waals surface area contributed by atoms with E-state index in [1.54, 1.807) is 49.5 Å². The highest BCUT2D eigenvalue weighted by molar-refractivity contribution is 6.31. The normalized spacial score (nSPS) is 10.2. The quantitative estimate of drug-likeness (QED) is 0.803. The number of hydrogen-bond donors (Lipinski definition) is 1. The van der Waals surface area contributed by atoms with Crippen molar-refractivity contribution in [2.45, 2.75) is 6.92 Å². The van der Waals surface area contributed by atoms with Crippen molar-refractivity contribution < 1.29 is 19.1 Å². The molecule has 26 heavy (non-hydrogen) atoms. The first-order valence-corrected chi connectivity index (χ1v) is 8.44. The lowest BCUT2D eigenvalue weighted by Gasteiger charge is -2.19. The van der Waals surface area contributed by atoms with E-state index in [0.717, 1.165) is 0 Å². The van der Waals surface area contributed by atoms with Crippen LogP contribution < -0.4 is 14.8 Å². The van der Waals surface area contributed by atoms with Gasteiger partial charge in [-0.05, 0) is 37.3 Å². The number of halogens is 1. The number of hydrogen-bond acceptors (Lipinski definition) is 4. The Kier molecular flexibility index (Phi) is 6.86. The number of amides is 2. The maximum atomic E-state index is 12.6. The highest BCUT2D eigenvalue weighted by atomic mass is 35.5. The molecule has 0 fully saturated rings. The van der Waals surface area contributed by atoms with Crippen LogP contribution >= 0.6 is 11.6 Å². The minimum atomic E-state index is -0.365. The summed E-state index contributed by atoms with van der Waals surface area (Å²) in [5, 5.41) is 3.17. The number of benzene rings is 2. The smallest absolute Gasteiger partial charge is 0.257 e. The summed E-state index contributed by atoms with van der Waals surface area (Å²) in [7, 11) is 3.05. The fourth-order valence-corrected chi connectivity index (χ4v) is 2.56. The van der Waals surface area contributed by atoms with Crippen molar-refractivity contribution in [2.75, 3.05) is 32.6 Å². The molecule has 7 heteroatoms. The van der Waals surface area contributed by atoms with Crippen molar-refractivity contribution >= 4 is 29.1 Å². The Hall–Kier alpha value is -2.73. The SMILES string of the molecule is CCOc1ccccc1C(=O)N(C)CC(=O)Nc1cc(Cl)ccc1OC. The van der Waals surface area contributed by atoms with E-state index < -0.39 is 0 Å². The molecule has 6 nitrogen and oxygen atoms in total. The minimum absolute atomic E-state index is 0.130. The third-order valence-corrected chi connectivity index (χ3v) is 3.82. The van der Waals surface area contributed by atoms with Crippen LogP contribution in [0.1, 0.15) is 17.3 Å². The highest BCUT2D eigenvalue weighted by Crippen LogP contribution is 2.27. The predicted molar refractivity (Wildman–Crippen MR) is 101 cm³/mol. The number of nitrogens with one attached hydrogen (secondary N) is 1. The summed E-state index contributed by atoms with van der Waals surface area (Å²) in [6, 6.07) is 11.8. The van der Waals surface area contributed by atoms with Crippen molar-refractivity contribution in [1.29, 1.82) is 0 Å². The maximum Gasteiger partial charge on any atom is 0.257 e. The van der Waals surface area contributed by atoms with Crippen LogP contribution in [0.5, 0.6) is 11.5 Å². The van der Waals surface area contributed by atoms with Gasteiger partial charge >= 0.3 is 0 Å². The summed E-state index contributed by atoms with van der Waals surface area (Å²) in [5.74, 6) is 0.305. The lowest BCUT2D eigenvalue weighted by Crippen LogP contribution is -2.35.